The van der Waals surface area contributed by atoms with Crippen LogP contribution >= 0.6 is 0 Å². The van der Waals surface area contributed by atoms with Gasteiger partial charge < -0.3 is 10.2 Å². The molecule has 1 atom stereocenters. The molecule has 1 aliphatic rings. The van der Waals surface area contributed by atoms with Crippen LogP contribution in [-0.4, -0.2) is 16.3 Å². The van der Waals surface area contributed by atoms with E-state index in [1.54, 1.807) is 0 Å². The lowest BCUT2D eigenvalue weighted by Crippen LogP contribution is -2.15. The van der Waals surface area contributed by atoms with Crippen LogP contribution in [0.15, 0.2) is 11.3 Å². The highest BCUT2D eigenvalue weighted by molar-refractivity contribution is 5.11. The van der Waals surface area contributed by atoms with Gasteiger partial charge in [-0.05, 0) is 31.8 Å². The predicted molar refractivity (Wildman–Crippen MR) is 35.2 cm³/mol. The van der Waals surface area contributed by atoms with Gasteiger partial charge in [-0.15, -0.1) is 0 Å². The second-order valence-electron chi connectivity index (χ2n) is 2.57. The molecule has 0 aliphatic heterocycles. The quantitative estimate of drug-likeness (QED) is 0.517. The fraction of sp³-hybridized carbons (Fsp3) is 0.714. The Kier molecular flexibility index (Phi) is 1.76. The number of aliphatic hydroxyl groups is 2. The van der Waals surface area contributed by atoms with Crippen LogP contribution in [0.3, 0.4) is 0 Å². The molecule has 0 spiro atoms. The summed E-state index contributed by atoms with van der Waals surface area (Å²) in [6, 6.07) is 0. The van der Waals surface area contributed by atoms with Crippen molar-refractivity contribution in [1.82, 2.24) is 0 Å². The summed E-state index contributed by atoms with van der Waals surface area (Å²) in [6.45, 7) is 1.86. The maximum atomic E-state index is 9.08. The summed E-state index contributed by atoms with van der Waals surface area (Å²) < 4.78 is 0. The molecule has 1 aliphatic carbocycles. The molecule has 0 saturated heterocycles. The second-order valence-corrected chi connectivity index (χ2v) is 2.57. The molecule has 0 radical (unpaired) electrons. The van der Waals surface area contributed by atoms with Crippen molar-refractivity contribution in [3.05, 3.63) is 11.3 Å². The number of hydrogen-bond donors (Lipinski definition) is 2. The first kappa shape index (κ1) is 6.62. The van der Waals surface area contributed by atoms with Gasteiger partial charge in [-0.2, -0.15) is 0 Å². The average Bonchev–Trinajstić information content (AvgIpc) is 1.83. The summed E-state index contributed by atoms with van der Waals surface area (Å²) in [5.41, 5.74) is 0.939. The Bertz CT molecular complexity index is 138. The summed E-state index contributed by atoms with van der Waals surface area (Å²) in [5, 5.41) is 18.1. The van der Waals surface area contributed by atoms with Crippen LogP contribution in [0.4, 0.5) is 0 Å². The normalized spacial score (nSPS) is 28.9. The number of allylic oxidation sites excluding steroid dienone is 1. The summed E-state index contributed by atoms with van der Waals surface area (Å²) in [6.07, 6.45) is 2.06. The third kappa shape index (κ3) is 1.24. The Balaban J connectivity index is 2.72. The molecule has 0 aromatic heterocycles. The highest BCUT2D eigenvalue weighted by Gasteiger charge is 2.16. The Labute approximate surface area is 54.8 Å². The van der Waals surface area contributed by atoms with Crippen molar-refractivity contribution in [2.75, 3.05) is 0 Å². The molecule has 0 bridgehead atoms. The lowest BCUT2D eigenvalue weighted by molar-refractivity contribution is 0.131. The van der Waals surface area contributed by atoms with Crippen molar-refractivity contribution in [2.24, 2.45) is 0 Å². The van der Waals surface area contributed by atoms with Crippen molar-refractivity contribution in [3.8, 4) is 0 Å². The first-order valence-corrected chi connectivity index (χ1v) is 3.28. The van der Waals surface area contributed by atoms with E-state index in [4.69, 9.17) is 10.2 Å². The molecular formula is C7H12O2. The number of rotatable bonds is 0. The standard InChI is InChI=1S/C7H12O2/c1-5-3-2-4-6(8)7(5)9/h6,8-9H,2-4H2,1H3. The topological polar surface area (TPSA) is 40.5 Å². The van der Waals surface area contributed by atoms with Gasteiger partial charge in [-0.3, -0.25) is 0 Å². The molecule has 0 fully saturated rings. The van der Waals surface area contributed by atoms with E-state index in [1.165, 1.54) is 0 Å². The van der Waals surface area contributed by atoms with Crippen LogP contribution < -0.4 is 0 Å². The number of hydrogen-bond acceptors (Lipinski definition) is 2. The smallest absolute Gasteiger partial charge is 0.120 e. The van der Waals surface area contributed by atoms with Gasteiger partial charge in [0.05, 0.1) is 0 Å². The Hall–Kier alpha value is -0.500. The molecule has 2 nitrogen and oxygen atoms in total. The van der Waals surface area contributed by atoms with Crippen LogP contribution in [0.2, 0.25) is 0 Å². The van der Waals surface area contributed by atoms with Crippen LogP contribution in [0.1, 0.15) is 26.2 Å². The largest absolute Gasteiger partial charge is 0.510 e. The summed E-state index contributed by atoms with van der Waals surface area (Å²) in [7, 11) is 0. The van der Waals surface area contributed by atoms with E-state index in [-0.39, 0.29) is 5.76 Å². The van der Waals surface area contributed by atoms with E-state index in [0.29, 0.717) is 6.42 Å². The SMILES string of the molecule is CC1=C(O)C(O)CCC1. The molecule has 1 rings (SSSR count). The van der Waals surface area contributed by atoms with Crippen LogP contribution in [0.5, 0.6) is 0 Å². The zero-order valence-electron chi connectivity index (χ0n) is 5.59. The van der Waals surface area contributed by atoms with E-state index >= 15 is 0 Å². The summed E-state index contributed by atoms with van der Waals surface area (Å²) in [4.78, 5) is 0. The third-order valence-electron chi connectivity index (χ3n) is 1.78. The number of aliphatic hydroxyl groups excluding tert-OH is 2. The molecule has 52 valence electrons. The van der Waals surface area contributed by atoms with Crippen molar-refractivity contribution in [1.29, 1.82) is 0 Å². The van der Waals surface area contributed by atoms with Gasteiger partial charge in [0, 0.05) is 0 Å². The molecule has 9 heavy (non-hydrogen) atoms. The average molecular weight is 128 g/mol. The predicted octanol–water partition coefficient (Wildman–Crippen LogP) is 1.36. The fourth-order valence-corrected chi connectivity index (χ4v) is 1.11. The Morgan fingerprint density at radius 1 is 1.56 bits per heavy atom. The van der Waals surface area contributed by atoms with E-state index in [0.717, 1.165) is 18.4 Å². The third-order valence-corrected chi connectivity index (χ3v) is 1.78. The van der Waals surface area contributed by atoms with E-state index in [9.17, 15) is 0 Å². The zero-order chi connectivity index (χ0) is 6.85. The summed E-state index contributed by atoms with van der Waals surface area (Å²) >= 11 is 0. The first-order valence-electron chi connectivity index (χ1n) is 3.28. The molecule has 1 unspecified atom stereocenters. The monoisotopic (exact) mass is 128 g/mol. The van der Waals surface area contributed by atoms with Gasteiger partial charge >= 0.3 is 0 Å². The minimum Gasteiger partial charge on any atom is -0.510 e. The van der Waals surface area contributed by atoms with Crippen molar-refractivity contribution < 1.29 is 10.2 Å². The fourth-order valence-electron chi connectivity index (χ4n) is 1.11. The maximum Gasteiger partial charge on any atom is 0.120 e. The van der Waals surface area contributed by atoms with E-state index < -0.39 is 6.10 Å². The molecule has 0 heterocycles. The van der Waals surface area contributed by atoms with Crippen molar-refractivity contribution in [2.45, 2.75) is 32.3 Å². The van der Waals surface area contributed by atoms with Gasteiger partial charge in [-0.25, -0.2) is 0 Å². The second kappa shape index (κ2) is 2.40. The maximum absolute atomic E-state index is 9.08. The van der Waals surface area contributed by atoms with Gasteiger partial charge in [-0.1, -0.05) is 0 Å². The van der Waals surface area contributed by atoms with Crippen molar-refractivity contribution >= 4 is 0 Å². The van der Waals surface area contributed by atoms with Gasteiger partial charge in [0.2, 0.25) is 0 Å². The van der Waals surface area contributed by atoms with Gasteiger partial charge in [0.1, 0.15) is 11.9 Å². The molecule has 0 saturated carbocycles. The lowest BCUT2D eigenvalue weighted by Gasteiger charge is -2.17. The van der Waals surface area contributed by atoms with Crippen LogP contribution in [0, 0.1) is 0 Å². The van der Waals surface area contributed by atoms with Gasteiger partial charge in [0.25, 0.3) is 0 Å². The van der Waals surface area contributed by atoms with E-state index in [1.807, 2.05) is 6.92 Å². The molecular weight excluding hydrogens is 116 g/mol. The minimum atomic E-state index is -0.584. The Morgan fingerprint density at radius 2 is 2.22 bits per heavy atom. The molecule has 0 aromatic rings. The first-order chi connectivity index (χ1) is 4.22. The Morgan fingerprint density at radius 3 is 2.67 bits per heavy atom. The van der Waals surface area contributed by atoms with Gasteiger partial charge in [0.15, 0.2) is 0 Å². The highest BCUT2D eigenvalue weighted by Crippen LogP contribution is 2.22. The van der Waals surface area contributed by atoms with Crippen LogP contribution in [0.25, 0.3) is 0 Å². The zero-order valence-corrected chi connectivity index (χ0v) is 5.59. The summed E-state index contributed by atoms with van der Waals surface area (Å²) in [5.74, 6) is 0.196. The molecule has 2 N–H and O–H groups in total. The van der Waals surface area contributed by atoms with E-state index in [2.05, 4.69) is 0 Å². The van der Waals surface area contributed by atoms with Crippen molar-refractivity contribution in [3.63, 3.8) is 0 Å². The molecule has 0 aromatic carbocycles. The lowest BCUT2D eigenvalue weighted by atomic mass is 9.97. The van der Waals surface area contributed by atoms with Crippen LogP contribution in [-0.2, 0) is 0 Å². The minimum absolute atomic E-state index is 0.196. The molecule has 2 heteroatoms. The highest BCUT2D eigenvalue weighted by atomic mass is 16.3. The molecule has 0 amide bonds.